The van der Waals surface area contributed by atoms with Crippen LogP contribution in [0.2, 0.25) is 5.02 Å². The zero-order chi connectivity index (χ0) is 13.9. The van der Waals surface area contributed by atoms with Crippen molar-refractivity contribution in [2.75, 3.05) is 6.61 Å². The van der Waals surface area contributed by atoms with Crippen LogP contribution in [0.3, 0.4) is 0 Å². The zero-order valence-electron chi connectivity index (χ0n) is 10.5. The second kappa shape index (κ2) is 5.75. The van der Waals surface area contributed by atoms with Crippen molar-refractivity contribution in [1.29, 1.82) is 0 Å². The molecule has 19 heavy (non-hydrogen) atoms. The molecule has 0 spiro atoms. The molecule has 1 aromatic carbocycles. The number of hydrogen-bond acceptors (Lipinski definition) is 4. The summed E-state index contributed by atoms with van der Waals surface area (Å²) in [5.74, 6) is 0.147. The minimum atomic E-state index is -0.869. The predicted molar refractivity (Wildman–Crippen MR) is 71.6 cm³/mol. The normalized spacial score (nSPS) is 18.0. The monoisotopic (exact) mass is 285 g/mol. The summed E-state index contributed by atoms with van der Waals surface area (Å²) in [6.45, 7) is 0.0788. The van der Waals surface area contributed by atoms with Crippen LogP contribution in [0.25, 0.3) is 0 Å². The number of nitrogens with zero attached hydrogens (tertiary/aromatic N) is 1. The maximum atomic E-state index is 10.9. The second-order valence-electron chi connectivity index (χ2n) is 4.94. The van der Waals surface area contributed by atoms with E-state index in [1.165, 1.54) is 18.2 Å². The fourth-order valence-electron chi connectivity index (χ4n) is 2.32. The maximum Gasteiger partial charge on any atom is 0.312 e. The molecule has 1 fully saturated rings. The van der Waals surface area contributed by atoms with E-state index in [1.807, 2.05) is 0 Å². The highest BCUT2D eigenvalue weighted by molar-refractivity contribution is 6.30. The van der Waals surface area contributed by atoms with Crippen molar-refractivity contribution in [3.05, 3.63) is 33.3 Å². The summed E-state index contributed by atoms with van der Waals surface area (Å²) in [5, 5.41) is 21.5. The third-order valence-electron chi connectivity index (χ3n) is 3.40. The lowest BCUT2D eigenvalue weighted by molar-refractivity contribution is -0.386. The smallest absolute Gasteiger partial charge is 0.312 e. The van der Waals surface area contributed by atoms with Gasteiger partial charge in [-0.25, -0.2) is 0 Å². The Kier molecular flexibility index (Phi) is 4.27. The number of nitro groups is 1. The summed E-state index contributed by atoms with van der Waals surface area (Å²) in [6.07, 6.45) is 4.39. The molecule has 0 radical (unpaired) electrons. The van der Waals surface area contributed by atoms with Crippen LogP contribution >= 0.6 is 11.6 Å². The lowest BCUT2D eigenvalue weighted by atomic mass is 9.85. The van der Waals surface area contributed by atoms with Crippen molar-refractivity contribution in [2.45, 2.75) is 37.7 Å². The molecule has 1 aliphatic carbocycles. The van der Waals surface area contributed by atoms with E-state index >= 15 is 0 Å². The van der Waals surface area contributed by atoms with Gasteiger partial charge in [0, 0.05) is 11.1 Å². The van der Waals surface area contributed by atoms with Crippen molar-refractivity contribution in [2.24, 2.45) is 0 Å². The molecule has 1 N–H and O–H groups in total. The number of aliphatic hydroxyl groups is 1. The van der Waals surface area contributed by atoms with Gasteiger partial charge in [-0.05, 0) is 25.0 Å². The Balaban J connectivity index is 2.08. The molecule has 1 aliphatic rings. The van der Waals surface area contributed by atoms with E-state index in [4.69, 9.17) is 16.3 Å². The van der Waals surface area contributed by atoms with Crippen LogP contribution < -0.4 is 4.74 Å². The quantitative estimate of drug-likeness (QED) is 0.680. The molecule has 104 valence electrons. The number of rotatable bonds is 4. The fourth-order valence-corrected chi connectivity index (χ4v) is 2.49. The van der Waals surface area contributed by atoms with Crippen LogP contribution in [-0.4, -0.2) is 22.2 Å². The van der Waals surface area contributed by atoms with Gasteiger partial charge in [-0.1, -0.05) is 30.9 Å². The Morgan fingerprint density at radius 2 is 2.05 bits per heavy atom. The van der Waals surface area contributed by atoms with Crippen molar-refractivity contribution in [1.82, 2.24) is 0 Å². The van der Waals surface area contributed by atoms with Crippen molar-refractivity contribution >= 4 is 17.3 Å². The summed E-state index contributed by atoms with van der Waals surface area (Å²) in [5.41, 5.74) is -1.04. The second-order valence-corrected chi connectivity index (χ2v) is 5.38. The van der Waals surface area contributed by atoms with Gasteiger partial charge in [0.25, 0.3) is 0 Å². The summed E-state index contributed by atoms with van der Waals surface area (Å²) >= 11 is 5.73. The van der Waals surface area contributed by atoms with E-state index in [0.29, 0.717) is 12.8 Å². The molecule has 0 bridgehead atoms. The molecular weight excluding hydrogens is 270 g/mol. The predicted octanol–water partition coefficient (Wildman–Crippen LogP) is 3.32. The van der Waals surface area contributed by atoms with E-state index in [1.54, 1.807) is 0 Å². The van der Waals surface area contributed by atoms with Crippen LogP contribution in [0, 0.1) is 10.1 Å². The first-order valence-electron chi connectivity index (χ1n) is 6.29. The maximum absolute atomic E-state index is 10.9. The lowest BCUT2D eigenvalue weighted by Crippen LogP contribution is -2.37. The molecule has 0 atom stereocenters. The number of benzene rings is 1. The highest BCUT2D eigenvalue weighted by Crippen LogP contribution is 2.33. The first-order chi connectivity index (χ1) is 9.00. The summed E-state index contributed by atoms with van der Waals surface area (Å²) in [4.78, 5) is 10.4. The standard InChI is InChI=1S/C13H16ClNO4/c14-10-4-5-12(11(8-10)15(17)18)19-9-13(16)6-2-1-3-7-13/h4-5,8,16H,1-3,6-7,9H2. The number of hydrogen-bond donors (Lipinski definition) is 1. The third-order valence-corrected chi connectivity index (χ3v) is 3.63. The molecule has 0 aliphatic heterocycles. The fraction of sp³-hybridized carbons (Fsp3) is 0.538. The minimum absolute atomic E-state index is 0.0788. The SMILES string of the molecule is O=[N+]([O-])c1cc(Cl)ccc1OCC1(O)CCCCC1. The molecule has 0 amide bonds. The Labute approximate surface area is 116 Å². The first kappa shape index (κ1) is 14.1. The average molecular weight is 286 g/mol. The van der Waals surface area contributed by atoms with Gasteiger partial charge in [0.15, 0.2) is 5.75 Å². The van der Waals surface area contributed by atoms with Gasteiger partial charge in [-0.2, -0.15) is 0 Å². The molecular formula is C13H16ClNO4. The molecule has 0 unspecified atom stereocenters. The van der Waals surface area contributed by atoms with E-state index in [0.717, 1.165) is 19.3 Å². The van der Waals surface area contributed by atoms with Gasteiger partial charge in [-0.15, -0.1) is 0 Å². The van der Waals surface area contributed by atoms with Crippen LogP contribution in [0.4, 0.5) is 5.69 Å². The van der Waals surface area contributed by atoms with E-state index in [2.05, 4.69) is 0 Å². The van der Waals surface area contributed by atoms with E-state index < -0.39 is 10.5 Å². The molecule has 2 rings (SSSR count). The molecule has 1 saturated carbocycles. The Morgan fingerprint density at radius 3 is 2.68 bits per heavy atom. The van der Waals surface area contributed by atoms with Gasteiger partial charge < -0.3 is 9.84 Å². The van der Waals surface area contributed by atoms with Crippen LogP contribution in [0.1, 0.15) is 32.1 Å². The highest BCUT2D eigenvalue weighted by Gasteiger charge is 2.31. The largest absolute Gasteiger partial charge is 0.484 e. The topological polar surface area (TPSA) is 72.6 Å². The van der Waals surface area contributed by atoms with Crippen molar-refractivity contribution in [3.8, 4) is 5.75 Å². The van der Waals surface area contributed by atoms with Gasteiger partial charge in [0.1, 0.15) is 6.61 Å². The van der Waals surface area contributed by atoms with Crippen LogP contribution in [0.5, 0.6) is 5.75 Å². The number of halogens is 1. The third kappa shape index (κ3) is 3.58. The molecule has 0 aromatic heterocycles. The summed E-state index contributed by atoms with van der Waals surface area (Å²) in [7, 11) is 0. The minimum Gasteiger partial charge on any atom is -0.484 e. The molecule has 0 heterocycles. The summed E-state index contributed by atoms with van der Waals surface area (Å²) in [6, 6.07) is 4.25. The van der Waals surface area contributed by atoms with E-state index in [-0.39, 0.29) is 23.1 Å². The van der Waals surface area contributed by atoms with Crippen LogP contribution in [-0.2, 0) is 0 Å². The van der Waals surface area contributed by atoms with Gasteiger partial charge >= 0.3 is 5.69 Å². The Bertz CT molecular complexity index is 472. The highest BCUT2D eigenvalue weighted by atomic mass is 35.5. The molecule has 1 aromatic rings. The Hall–Kier alpha value is -1.33. The first-order valence-corrected chi connectivity index (χ1v) is 6.67. The van der Waals surface area contributed by atoms with Gasteiger partial charge in [0.05, 0.1) is 10.5 Å². The molecule has 6 heteroatoms. The van der Waals surface area contributed by atoms with Gasteiger partial charge in [0.2, 0.25) is 0 Å². The Morgan fingerprint density at radius 1 is 1.37 bits per heavy atom. The van der Waals surface area contributed by atoms with E-state index in [9.17, 15) is 15.2 Å². The van der Waals surface area contributed by atoms with Crippen LogP contribution in [0.15, 0.2) is 18.2 Å². The number of nitro benzene ring substituents is 1. The van der Waals surface area contributed by atoms with Gasteiger partial charge in [-0.3, -0.25) is 10.1 Å². The average Bonchev–Trinajstić information content (AvgIpc) is 2.38. The summed E-state index contributed by atoms with van der Waals surface area (Å²) < 4.78 is 5.45. The molecule has 0 saturated heterocycles. The zero-order valence-corrected chi connectivity index (χ0v) is 11.2. The van der Waals surface area contributed by atoms with Crippen molar-refractivity contribution in [3.63, 3.8) is 0 Å². The lowest BCUT2D eigenvalue weighted by Gasteiger charge is -2.31. The van der Waals surface area contributed by atoms with Crippen molar-refractivity contribution < 1.29 is 14.8 Å². The molecule has 5 nitrogen and oxygen atoms in total. The number of ether oxygens (including phenoxy) is 1.